The lowest BCUT2D eigenvalue weighted by atomic mass is 10.1. The minimum Gasteiger partial charge on any atom is -0.338 e. The van der Waals surface area contributed by atoms with Crippen molar-refractivity contribution in [3.8, 4) is 11.4 Å². The molecule has 1 atom stereocenters. The van der Waals surface area contributed by atoms with Crippen LogP contribution >= 0.6 is 12.4 Å². The first kappa shape index (κ1) is 17.4. The van der Waals surface area contributed by atoms with E-state index < -0.39 is 0 Å². The first-order valence-electron chi connectivity index (χ1n) is 7.48. The molecule has 3 rings (SSSR count). The van der Waals surface area contributed by atoms with Crippen LogP contribution in [0.3, 0.4) is 0 Å². The lowest BCUT2D eigenvalue weighted by Gasteiger charge is -2.31. The van der Waals surface area contributed by atoms with E-state index in [9.17, 15) is 4.79 Å². The van der Waals surface area contributed by atoms with E-state index in [0.717, 1.165) is 25.2 Å². The third-order valence-corrected chi connectivity index (χ3v) is 3.76. The molecular formula is C15H21ClN6O. The lowest BCUT2D eigenvalue weighted by molar-refractivity contribution is -0.133. The van der Waals surface area contributed by atoms with Gasteiger partial charge in [0.2, 0.25) is 11.7 Å². The van der Waals surface area contributed by atoms with Crippen LogP contribution in [0.2, 0.25) is 0 Å². The second-order valence-corrected chi connectivity index (χ2v) is 5.70. The molecule has 1 fully saturated rings. The Morgan fingerprint density at radius 2 is 2.09 bits per heavy atom. The van der Waals surface area contributed by atoms with Gasteiger partial charge in [0.05, 0.1) is 0 Å². The van der Waals surface area contributed by atoms with Gasteiger partial charge in [0, 0.05) is 31.2 Å². The Morgan fingerprint density at radius 3 is 2.78 bits per heavy atom. The summed E-state index contributed by atoms with van der Waals surface area (Å²) in [6.45, 7) is 6.50. The van der Waals surface area contributed by atoms with Gasteiger partial charge in [-0.3, -0.25) is 4.79 Å². The monoisotopic (exact) mass is 336 g/mol. The van der Waals surface area contributed by atoms with Crippen molar-refractivity contribution in [1.29, 1.82) is 0 Å². The van der Waals surface area contributed by atoms with Crippen molar-refractivity contribution in [3.05, 3.63) is 29.8 Å². The molecule has 0 saturated carbocycles. The summed E-state index contributed by atoms with van der Waals surface area (Å²) in [7, 11) is 0. The Labute approximate surface area is 141 Å². The van der Waals surface area contributed by atoms with Gasteiger partial charge in [-0.2, -0.15) is 4.80 Å². The number of nitrogens with one attached hydrogen (secondary N) is 1. The Balaban J connectivity index is 0.00000192. The number of hydrogen-bond acceptors (Lipinski definition) is 5. The average molecular weight is 337 g/mol. The van der Waals surface area contributed by atoms with Gasteiger partial charge in [0.25, 0.3) is 0 Å². The van der Waals surface area contributed by atoms with Crippen molar-refractivity contribution in [2.45, 2.75) is 26.4 Å². The maximum atomic E-state index is 12.3. The minimum absolute atomic E-state index is 0. The van der Waals surface area contributed by atoms with Crippen LogP contribution in [0.15, 0.2) is 24.3 Å². The second-order valence-electron chi connectivity index (χ2n) is 5.70. The van der Waals surface area contributed by atoms with Gasteiger partial charge in [-0.15, -0.1) is 22.6 Å². The Bertz CT molecular complexity index is 656. The molecule has 0 radical (unpaired) electrons. The molecule has 1 N–H and O–H groups in total. The van der Waals surface area contributed by atoms with E-state index in [1.54, 1.807) is 0 Å². The number of aromatic nitrogens is 4. The van der Waals surface area contributed by atoms with E-state index in [1.807, 2.05) is 36.1 Å². The normalized spacial score (nSPS) is 17.7. The number of piperazine rings is 1. The lowest BCUT2D eigenvalue weighted by Crippen LogP contribution is -2.52. The summed E-state index contributed by atoms with van der Waals surface area (Å²) in [5.74, 6) is 0.572. The van der Waals surface area contributed by atoms with Crippen LogP contribution in [0.1, 0.15) is 12.5 Å². The maximum Gasteiger partial charge on any atom is 0.246 e. The standard InChI is InChI=1S/C15H20N6O.ClH/c1-11-3-5-13(6-4-11)15-17-19-21(18-15)10-14(22)20-8-7-16-12(2)9-20;/h3-6,12,16H,7-10H2,1-2H3;1H. The molecule has 1 saturated heterocycles. The molecule has 1 unspecified atom stereocenters. The largest absolute Gasteiger partial charge is 0.338 e. The molecule has 0 spiro atoms. The van der Waals surface area contributed by atoms with E-state index in [-0.39, 0.29) is 24.9 Å². The molecule has 1 aliphatic rings. The summed E-state index contributed by atoms with van der Waals surface area (Å²) < 4.78 is 0. The summed E-state index contributed by atoms with van der Waals surface area (Å²) in [5, 5.41) is 15.6. The van der Waals surface area contributed by atoms with E-state index >= 15 is 0 Å². The van der Waals surface area contributed by atoms with E-state index in [0.29, 0.717) is 11.9 Å². The minimum atomic E-state index is 0. The smallest absolute Gasteiger partial charge is 0.246 e. The highest BCUT2D eigenvalue weighted by Gasteiger charge is 2.21. The molecule has 2 heterocycles. The zero-order valence-corrected chi connectivity index (χ0v) is 14.1. The van der Waals surface area contributed by atoms with Crippen LogP contribution < -0.4 is 5.32 Å². The number of benzene rings is 1. The summed E-state index contributed by atoms with van der Waals surface area (Å²) >= 11 is 0. The Kier molecular flexibility index (Phi) is 5.68. The number of aryl methyl sites for hydroxylation is 1. The molecule has 0 aliphatic carbocycles. The van der Waals surface area contributed by atoms with Crippen molar-refractivity contribution in [3.63, 3.8) is 0 Å². The fourth-order valence-electron chi connectivity index (χ4n) is 2.51. The molecule has 1 aromatic carbocycles. The van der Waals surface area contributed by atoms with Crippen LogP contribution in [0.5, 0.6) is 0 Å². The van der Waals surface area contributed by atoms with Crippen molar-refractivity contribution in [1.82, 2.24) is 30.4 Å². The first-order chi connectivity index (χ1) is 10.6. The van der Waals surface area contributed by atoms with Gasteiger partial charge < -0.3 is 10.2 Å². The molecule has 2 aromatic rings. The highest BCUT2D eigenvalue weighted by atomic mass is 35.5. The van der Waals surface area contributed by atoms with Crippen molar-refractivity contribution >= 4 is 18.3 Å². The second kappa shape index (κ2) is 7.52. The molecule has 1 aliphatic heterocycles. The van der Waals surface area contributed by atoms with Gasteiger partial charge in [-0.05, 0) is 19.1 Å². The third kappa shape index (κ3) is 4.27. The number of hydrogen-bond donors (Lipinski definition) is 1. The van der Waals surface area contributed by atoms with Crippen LogP contribution in [0.25, 0.3) is 11.4 Å². The quantitative estimate of drug-likeness (QED) is 0.901. The number of halogens is 1. The number of carbonyl (C=O) groups excluding carboxylic acids is 1. The number of carbonyl (C=O) groups is 1. The van der Waals surface area contributed by atoms with Gasteiger partial charge in [-0.1, -0.05) is 29.8 Å². The summed E-state index contributed by atoms with van der Waals surface area (Å²) in [6.07, 6.45) is 0. The van der Waals surface area contributed by atoms with E-state index in [4.69, 9.17) is 0 Å². The summed E-state index contributed by atoms with van der Waals surface area (Å²) in [5.41, 5.74) is 2.08. The Morgan fingerprint density at radius 1 is 1.35 bits per heavy atom. The number of tetrazole rings is 1. The molecule has 8 heteroatoms. The maximum absolute atomic E-state index is 12.3. The van der Waals surface area contributed by atoms with Crippen molar-refractivity contribution in [2.75, 3.05) is 19.6 Å². The molecule has 0 bridgehead atoms. The fraction of sp³-hybridized carbons (Fsp3) is 0.467. The number of nitrogens with zero attached hydrogens (tertiary/aromatic N) is 5. The fourth-order valence-corrected chi connectivity index (χ4v) is 2.51. The highest BCUT2D eigenvalue weighted by molar-refractivity contribution is 5.85. The van der Waals surface area contributed by atoms with E-state index in [1.165, 1.54) is 10.4 Å². The van der Waals surface area contributed by atoms with Crippen LogP contribution in [-0.2, 0) is 11.3 Å². The van der Waals surface area contributed by atoms with Gasteiger partial charge in [-0.25, -0.2) is 0 Å². The van der Waals surface area contributed by atoms with Gasteiger partial charge >= 0.3 is 0 Å². The molecule has 124 valence electrons. The number of rotatable bonds is 3. The topological polar surface area (TPSA) is 75.9 Å². The molecule has 1 amide bonds. The Hall–Kier alpha value is -1.99. The zero-order valence-electron chi connectivity index (χ0n) is 13.3. The van der Waals surface area contributed by atoms with Gasteiger partial charge in [0.1, 0.15) is 6.54 Å². The highest BCUT2D eigenvalue weighted by Crippen LogP contribution is 2.14. The summed E-state index contributed by atoms with van der Waals surface area (Å²) in [6, 6.07) is 8.24. The van der Waals surface area contributed by atoms with Gasteiger partial charge in [0.15, 0.2) is 0 Å². The van der Waals surface area contributed by atoms with Crippen molar-refractivity contribution in [2.24, 2.45) is 0 Å². The molecule has 1 aromatic heterocycles. The summed E-state index contributed by atoms with van der Waals surface area (Å²) in [4.78, 5) is 15.5. The molecular weight excluding hydrogens is 316 g/mol. The van der Waals surface area contributed by atoms with Crippen LogP contribution in [0, 0.1) is 6.92 Å². The average Bonchev–Trinajstić information content (AvgIpc) is 2.96. The SMILES string of the molecule is Cc1ccc(-c2nnn(CC(=O)N3CCNC(C)C3)n2)cc1.Cl. The molecule has 23 heavy (non-hydrogen) atoms. The predicted molar refractivity (Wildman–Crippen MR) is 89.3 cm³/mol. The zero-order chi connectivity index (χ0) is 15.5. The van der Waals surface area contributed by atoms with Crippen molar-refractivity contribution < 1.29 is 4.79 Å². The molecule has 7 nitrogen and oxygen atoms in total. The third-order valence-electron chi connectivity index (χ3n) is 3.76. The predicted octanol–water partition coefficient (Wildman–Crippen LogP) is 0.891. The van der Waals surface area contributed by atoms with Crippen LogP contribution in [-0.4, -0.2) is 56.7 Å². The number of amides is 1. The first-order valence-corrected chi connectivity index (χ1v) is 7.48. The van der Waals surface area contributed by atoms with E-state index in [2.05, 4.69) is 27.7 Å². The van der Waals surface area contributed by atoms with Crippen LogP contribution in [0.4, 0.5) is 0 Å².